The van der Waals surface area contributed by atoms with Gasteiger partial charge in [0, 0.05) is 28.5 Å². The Morgan fingerprint density at radius 3 is 2.10 bits per heavy atom. The molecule has 0 aromatic heterocycles. The number of methoxy groups -OCH3 is 1. The molecule has 0 aliphatic carbocycles. The van der Waals surface area contributed by atoms with Crippen LogP contribution in [0.4, 0.5) is 16.2 Å². The van der Waals surface area contributed by atoms with Gasteiger partial charge in [-0.05, 0) is 48.5 Å². The maximum atomic E-state index is 12.3. The van der Waals surface area contributed by atoms with Gasteiger partial charge < -0.3 is 10.1 Å². The van der Waals surface area contributed by atoms with Crippen LogP contribution in [0.1, 0.15) is 0 Å². The van der Waals surface area contributed by atoms with Crippen molar-refractivity contribution < 1.29 is 9.53 Å². The van der Waals surface area contributed by atoms with Crippen LogP contribution in [-0.2, 0) is 4.74 Å². The Morgan fingerprint density at radius 1 is 1.05 bits per heavy atom. The first kappa shape index (κ1) is 15.6. The summed E-state index contributed by atoms with van der Waals surface area (Å²) in [6.07, 6.45) is 0. The zero-order chi connectivity index (χ0) is 15.2. The highest BCUT2D eigenvalue weighted by molar-refractivity contribution is 6.31. The van der Waals surface area contributed by atoms with E-state index in [9.17, 15) is 4.79 Å². The molecule has 1 N–H and O–H groups in total. The highest BCUT2D eigenvalue weighted by atomic mass is 35.5. The van der Waals surface area contributed by atoms with Gasteiger partial charge in [-0.3, -0.25) is 4.90 Å². The van der Waals surface area contributed by atoms with Crippen LogP contribution in [0, 0.1) is 0 Å². The second-order valence-electron chi connectivity index (χ2n) is 4.26. The maximum Gasteiger partial charge on any atom is 0.328 e. The number of rotatable bonds is 4. The Morgan fingerprint density at radius 2 is 1.57 bits per heavy atom. The van der Waals surface area contributed by atoms with Gasteiger partial charge in [0.2, 0.25) is 0 Å². The maximum absolute atomic E-state index is 12.3. The van der Waals surface area contributed by atoms with Crippen LogP contribution in [-0.4, -0.2) is 19.9 Å². The number of amides is 2. The number of carbonyl (C=O) groups is 1. The van der Waals surface area contributed by atoms with Gasteiger partial charge in [0.1, 0.15) is 6.73 Å². The molecule has 2 amide bonds. The van der Waals surface area contributed by atoms with E-state index in [1.165, 1.54) is 12.0 Å². The fraction of sp³-hybridized carbons (Fsp3) is 0.133. The Bertz CT molecular complexity index is 600. The van der Waals surface area contributed by atoms with Crippen molar-refractivity contribution >= 4 is 40.6 Å². The van der Waals surface area contributed by atoms with Crippen LogP contribution in [0.15, 0.2) is 48.5 Å². The molecule has 0 spiro atoms. The van der Waals surface area contributed by atoms with Crippen LogP contribution < -0.4 is 10.2 Å². The molecule has 2 rings (SSSR count). The number of hydrogen-bond donors (Lipinski definition) is 1. The lowest BCUT2D eigenvalue weighted by atomic mass is 10.3. The second kappa shape index (κ2) is 7.31. The van der Waals surface area contributed by atoms with Gasteiger partial charge in [-0.25, -0.2) is 4.79 Å². The predicted octanol–water partition coefficient (Wildman–Crippen LogP) is 4.64. The van der Waals surface area contributed by atoms with Gasteiger partial charge in [0.05, 0.1) is 0 Å². The molecule has 0 unspecified atom stereocenters. The number of urea groups is 1. The average Bonchev–Trinajstić information content (AvgIpc) is 2.48. The third-order valence-corrected chi connectivity index (χ3v) is 3.24. The van der Waals surface area contributed by atoms with Crippen LogP contribution in [0.2, 0.25) is 10.0 Å². The number of anilines is 2. The summed E-state index contributed by atoms with van der Waals surface area (Å²) < 4.78 is 5.08. The first-order chi connectivity index (χ1) is 10.1. The summed E-state index contributed by atoms with van der Waals surface area (Å²) in [7, 11) is 1.53. The SMILES string of the molecule is COCN(C(=O)Nc1ccc(Cl)cc1)c1ccc(Cl)cc1. The molecule has 2 aromatic carbocycles. The molecule has 0 heterocycles. The number of nitrogens with zero attached hydrogens (tertiary/aromatic N) is 1. The lowest BCUT2D eigenvalue weighted by Crippen LogP contribution is -2.36. The van der Waals surface area contributed by atoms with E-state index in [-0.39, 0.29) is 12.8 Å². The number of benzene rings is 2. The fourth-order valence-corrected chi connectivity index (χ4v) is 1.98. The average molecular weight is 325 g/mol. The molecule has 0 atom stereocenters. The molecular formula is C15H14Cl2N2O2. The first-order valence-electron chi connectivity index (χ1n) is 6.19. The summed E-state index contributed by atoms with van der Waals surface area (Å²) in [6, 6.07) is 13.5. The number of carbonyl (C=O) groups excluding carboxylic acids is 1. The molecule has 0 fully saturated rings. The van der Waals surface area contributed by atoms with Gasteiger partial charge in [-0.15, -0.1) is 0 Å². The lowest BCUT2D eigenvalue weighted by Gasteiger charge is -2.22. The summed E-state index contributed by atoms with van der Waals surface area (Å²) in [5.41, 5.74) is 1.34. The molecule has 0 aliphatic rings. The van der Waals surface area contributed by atoms with Crippen molar-refractivity contribution in [3.05, 3.63) is 58.6 Å². The molecule has 0 saturated heterocycles. The van der Waals surface area contributed by atoms with Crippen molar-refractivity contribution in [2.75, 3.05) is 24.1 Å². The van der Waals surface area contributed by atoms with Crippen LogP contribution in [0.5, 0.6) is 0 Å². The number of hydrogen-bond acceptors (Lipinski definition) is 2. The van der Waals surface area contributed by atoms with E-state index in [0.717, 1.165) is 0 Å². The van der Waals surface area contributed by atoms with Crippen molar-refractivity contribution in [3.63, 3.8) is 0 Å². The minimum absolute atomic E-state index is 0.126. The molecule has 110 valence electrons. The molecule has 0 saturated carbocycles. The van der Waals surface area contributed by atoms with Crippen molar-refractivity contribution in [2.45, 2.75) is 0 Å². The van der Waals surface area contributed by atoms with Crippen molar-refractivity contribution in [1.29, 1.82) is 0 Å². The van der Waals surface area contributed by atoms with Crippen molar-refractivity contribution in [3.8, 4) is 0 Å². The highest BCUT2D eigenvalue weighted by Gasteiger charge is 2.15. The number of ether oxygens (including phenoxy) is 1. The van der Waals surface area contributed by atoms with Crippen molar-refractivity contribution in [1.82, 2.24) is 0 Å². The largest absolute Gasteiger partial charge is 0.364 e. The van der Waals surface area contributed by atoms with Crippen LogP contribution >= 0.6 is 23.2 Å². The highest BCUT2D eigenvalue weighted by Crippen LogP contribution is 2.20. The van der Waals surface area contributed by atoms with E-state index in [1.54, 1.807) is 48.5 Å². The minimum atomic E-state index is -0.304. The van der Waals surface area contributed by atoms with Gasteiger partial charge in [-0.2, -0.15) is 0 Å². The van der Waals surface area contributed by atoms with Crippen molar-refractivity contribution in [2.24, 2.45) is 0 Å². The first-order valence-corrected chi connectivity index (χ1v) is 6.94. The zero-order valence-corrected chi connectivity index (χ0v) is 12.9. The number of halogens is 2. The standard InChI is InChI=1S/C15H14Cl2N2O2/c1-21-10-19(14-8-4-12(17)5-9-14)15(20)18-13-6-2-11(16)3-7-13/h2-9H,10H2,1H3,(H,18,20). The molecule has 21 heavy (non-hydrogen) atoms. The molecule has 6 heteroatoms. The molecule has 2 aromatic rings. The summed E-state index contributed by atoms with van der Waals surface area (Å²) in [5.74, 6) is 0. The molecule has 4 nitrogen and oxygen atoms in total. The minimum Gasteiger partial charge on any atom is -0.364 e. The van der Waals surface area contributed by atoms with Crippen LogP contribution in [0.3, 0.4) is 0 Å². The molecule has 0 bridgehead atoms. The third-order valence-electron chi connectivity index (χ3n) is 2.74. The van der Waals surface area contributed by atoms with E-state index in [1.807, 2.05) is 0 Å². The van der Waals surface area contributed by atoms with Gasteiger partial charge >= 0.3 is 6.03 Å². The van der Waals surface area contributed by atoms with Crippen LogP contribution in [0.25, 0.3) is 0 Å². The third kappa shape index (κ3) is 4.36. The van der Waals surface area contributed by atoms with Gasteiger partial charge in [-0.1, -0.05) is 23.2 Å². The second-order valence-corrected chi connectivity index (χ2v) is 5.13. The monoisotopic (exact) mass is 324 g/mol. The number of nitrogens with one attached hydrogen (secondary N) is 1. The molecule has 0 aliphatic heterocycles. The Balaban J connectivity index is 2.15. The normalized spacial score (nSPS) is 10.2. The van der Waals surface area contributed by atoms with E-state index in [2.05, 4.69) is 5.32 Å². The van der Waals surface area contributed by atoms with E-state index in [0.29, 0.717) is 21.4 Å². The molecular weight excluding hydrogens is 311 g/mol. The quantitative estimate of drug-likeness (QED) is 0.832. The Hall–Kier alpha value is -1.75. The van der Waals surface area contributed by atoms with E-state index in [4.69, 9.17) is 27.9 Å². The van der Waals surface area contributed by atoms with Gasteiger partial charge in [0.15, 0.2) is 0 Å². The summed E-state index contributed by atoms with van der Waals surface area (Å²) in [5, 5.41) is 4.00. The Kier molecular flexibility index (Phi) is 5.44. The van der Waals surface area contributed by atoms with Gasteiger partial charge in [0.25, 0.3) is 0 Å². The predicted molar refractivity (Wildman–Crippen MR) is 86.3 cm³/mol. The zero-order valence-electron chi connectivity index (χ0n) is 11.3. The van der Waals surface area contributed by atoms with E-state index < -0.39 is 0 Å². The van der Waals surface area contributed by atoms with E-state index >= 15 is 0 Å². The fourth-order valence-electron chi connectivity index (χ4n) is 1.72. The molecule has 0 radical (unpaired) electrons. The topological polar surface area (TPSA) is 41.6 Å². The lowest BCUT2D eigenvalue weighted by molar-refractivity contribution is 0.195. The smallest absolute Gasteiger partial charge is 0.328 e. The Labute approximate surface area is 133 Å². The summed E-state index contributed by atoms with van der Waals surface area (Å²) in [4.78, 5) is 13.8. The summed E-state index contributed by atoms with van der Waals surface area (Å²) >= 11 is 11.7. The summed E-state index contributed by atoms with van der Waals surface area (Å²) in [6.45, 7) is 0.126.